The van der Waals surface area contributed by atoms with Gasteiger partial charge in [0.1, 0.15) is 12.4 Å². The van der Waals surface area contributed by atoms with Gasteiger partial charge in [-0.25, -0.2) is 4.79 Å². The first-order valence-electron chi connectivity index (χ1n) is 9.87. The van der Waals surface area contributed by atoms with Crippen LogP contribution in [-0.4, -0.2) is 37.5 Å². The monoisotopic (exact) mass is 452 g/mol. The standard InChI is InChI=1S/C23H24N4O4S/c1-4-12-27-19(13-31-21-15(2)6-5-7-16(21)3)25-26-23(27)32-14-20(28)24-18-10-8-17(9-11-18)22(29)30/h4-11H,1,12-14H2,2-3H3,(H,24,28)(H,29,30). The minimum Gasteiger partial charge on any atom is -0.485 e. The summed E-state index contributed by atoms with van der Waals surface area (Å²) in [6, 6.07) is 11.9. The zero-order valence-electron chi connectivity index (χ0n) is 17.9. The van der Waals surface area contributed by atoms with Gasteiger partial charge in [0.15, 0.2) is 11.0 Å². The van der Waals surface area contributed by atoms with E-state index in [2.05, 4.69) is 22.1 Å². The van der Waals surface area contributed by atoms with E-state index in [1.807, 2.05) is 36.6 Å². The van der Waals surface area contributed by atoms with Crippen LogP contribution < -0.4 is 10.1 Å². The van der Waals surface area contributed by atoms with E-state index in [1.165, 1.54) is 23.9 Å². The van der Waals surface area contributed by atoms with E-state index in [0.29, 0.717) is 23.2 Å². The molecule has 0 radical (unpaired) electrons. The predicted molar refractivity (Wildman–Crippen MR) is 123 cm³/mol. The number of hydrogen-bond acceptors (Lipinski definition) is 6. The minimum absolute atomic E-state index is 0.119. The van der Waals surface area contributed by atoms with Crippen molar-refractivity contribution in [3.8, 4) is 5.75 Å². The Morgan fingerprint density at radius 1 is 1.16 bits per heavy atom. The number of aromatic carboxylic acids is 1. The van der Waals surface area contributed by atoms with Crippen LogP contribution in [0.2, 0.25) is 0 Å². The number of aromatic nitrogens is 3. The number of carboxylic acid groups (broad SMARTS) is 1. The molecule has 0 fully saturated rings. The lowest BCUT2D eigenvalue weighted by atomic mass is 10.1. The number of anilines is 1. The third-order valence-corrected chi connectivity index (χ3v) is 5.57. The third kappa shape index (κ3) is 5.76. The van der Waals surface area contributed by atoms with Crippen molar-refractivity contribution in [3.63, 3.8) is 0 Å². The summed E-state index contributed by atoms with van der Waals surface area (Å²) in [7, 11) is 0. The molecule has 0 aliphatic carbocycles. The van der Waals surface area contributed by atoms with E-state index in [1.54, 1.807) is 18.2 Å². The second kappa shape index (κ2) is 10.6. The first-order chi connectivity index (χ1) is 15.4. The SMILES string of the molecule is C=CCn1c(COc2c(C)cccc2C)nnc1SCC(=O)Nc1ccc(C(=O)O)cc1. The van der Waals surface area contributed by atoms with Gasteiger partial charge in [-0.1, -0.05) is 36.0 Å². The number of aryl methyl sites for hydroxylation is 2. The van der Waals surface area contributed by atoms with E-state index in [4.69, 9.17) is 9.84 Å². The molecule has 0 aliphatic heterocycles. The number of para-hydroxylation sites is 1. The Morgan fingerprint density at radius 2 is 1.84 bits per heavy atom. The first kappa shape index (κ1) is 23.1. The Hall–Kier alpha value is -3.59. The van der Waals surface area contributed by atoms with E-state index in [0.717, 1.165) is 16.9 Å². The summed E-state index contributed by atoms with van der Waals surface area (Å²) in [6.45, 7) is 8.50. The van der Waals surface area contributed by atoms with Crippen LogP contribution in [0, 0.1) is 13.8 Å². The number of allylic oxidation sites excluding steroid dienone is 1. The first-order valence-corrected chi connectivity index (χ1v) is 10.9. The Morgan fingerprint density at radius 3 is 2.47 bits per heavy atom. The lowest BCUT2D eigenvalue weighted by molar-refractivity contribution is -0.113. The maximum atomic E-state index is 12.3. The molecular weight excluding hydrogens is 428 g/mol. The summed E-state index contributed by atoms with van der Waals surface area (Å²) in [5.41, 5.74) is 2.77. The molecule has 0 saturated carbocycles. The summed E-state index contributed by atoms with van der Waals surface area (Å²) in [5.74, 6) is 0.327. The Labute approximate surface area is 190 Å². The van der Waals surface area contributed by atoms with Crippen molar-refractivity contribution in [2.45, 2.75) is 32.2 Å². The number of carboxylic acids is 1. The van der Waals surface area contributed by atoms with Crippen LogP contribution in [0.25, 0.3) is 0 Å². The topological polar surface area (TPSA) is 106 Å². The molecule has 166 valence electrons. The maximum absolute atomic E-state index is 12.3. The number of ether oxygens (including phenoxy) is 1. The molecule has 0 saturated heterocycles. The highest BCUT2D eigenvalue weighted by Gasteiger charge is 2.15. The molecule has 0 bridgehead atoms. The quantitative estimate of drug-likeness (QED) is 0.352. The highest BCUT2D eigenvalue weighted by Crippen LogP contribution is 2.24. The molecule has 0 spiro atoms. The van der Waals surface area contributed by atoms with E-state index in [-0.39, 0.29) is 23.8 Å². The van der Waals surface area contributed by atoms with Crippen LogP contribution in [0.3, 0.4) is 0 Å². The maximum Gasteiger partial charge on any atom is 0.335 e. The van der Waals surface area contributed by atoms with Crippen molar-refractivity contribution in [2.75, 3.05) is 11.1 Å². The zero-order chi connectivity index (χ0) is 23.1. The van der Waals surface area contributed by atoms with Gasteiger partial charge in [-0.15, -0.1) is 16.8 Å². The summed E-state index contributed by atoms with van der Waals surface area (Å²) < 4.78 is 7.86. The molecule has 2 N–H and O–H groups in total. The van der Waals surface area contributed by atoms with Crippen molar-refractivity contribution in [1.29, 1.82) is 0 Å². The van der Waals surface area contributed by atoms with Crippen molar-refractivity contribution in [1.82, 2.24) is 14.8 Å². The summed E-state index contributed by atoms with van der Waals surface area (Å²) in [5, 5.41) is 20.7. The number of nitrogens with one attached hydrogen (secondary N) is 1. The van der Waals surface area contributed by atoms with Gasteiger partial charge in [-0.05, 0) is 49.2 Å². The van der Waals surface area contributed by atoms with Crippen LogP contribution >= 0.6 is 11.8 Å². The fraction of sp³-hybridized carbons (Fsp3) is 0.217. The summed E-state index contributed by atoms with van der Waals surface area (Å²) in [6.07, 6.45) is 1.74. The van der Waals surface area contributed by atoms with Crippen molar-refractivity contribution in [2.24, 2.45) is 0 Å². The Bertz CT molecular complexity index is 1110. The summed E-state index contributed by atoms with van der Waals surface area (Å²) >= 11 is 1.25. The van der Waals surface area contributed by atoms with Gasteiger partial charge >= 0.3 is 5.97 Å². The van der Waals surface area contributed by atoms with E-state index >= 15 is 0 Å². The number of hydrogen-bond donors (Lipinski definition) is 2. The fourth-order valence-corrected chi connectivity index (χ4v) is 3.80. The smallest absolute Gasteiger partial charge is 0.335 e. The van der Waals surface area contributed by atoms with Crippen molar-refractivity contribution < 1.29 is 19.4 Å². The molecule has 1 amide bonds. The summed E-state index contributed by atoms with van der Waals surface area (Å²) in [4.78, 5) is 23.2. The number of carbonyl (C=O) groups excluding carboxylic acids is 1. The van der Waals surface area contributed by atoms with Crippen LogP contribution in [0.5, 0.6) is 5.75 Å². The molecule has 0 aliphatic rings. The van der Waals surface area contributed by atoms with Gasteiger partial charge in [0, 0.05) is 12.2 Å². The third-order valence-electron chi connectivity index (χ3n) is 4.61. The molecule has 1 heterocycles. The number of rotatable bonds is 10. The molecule has 32 heavy (non-hydrogen) atoms. The van der Waals surface area contributed by atoms with Gasteiger partial charge in [0.25, 0.3) is 0 Å². The molecule has 3 rings (SSSR count). The number of nitrogens with zero attached hydrogens (tertiary/aromatic N) is 3. The fourth-order valence-electron chi connectivity index (χ4n) is 3.03. The molecular formula is C23H24N4O4S. The van der Waals surface area contributed by atoms with Gasteiger partial charge in [0.05, 0.1) is 11.3 Å². The average Bonchev–Trinajstić information content (AvgIpc) is 3.14. The predicted octanol–water partition coefficient (Wildman–Crippen LogP) is 4.09. The van der Waals surface area contributed by atoms with Crippen LogP contribution in [0.15, 0.2) is 60.3 Å². The zero-order valence-corrected chi connectivity index (χ0v) is 18.7. The number of benzene rings is 2. The van der Waals surface area contributed by atoms with Crippen LogP contribution in [0.4, 0.5) is 5.69 Å². The van der Waals surface area contributed by atoms with Crippen molar-refractivity contribution >= 4 is 29.3 Å². The molecule has 8 nitrogen and oxygen atoms in total. The molecule has 1 aromatic heterocycles. The second-order valence-electron chi connectivity index (χ2n) is 7.03. The molecule has 2 aromatic carbocycles. The normalized spacial score (nSPS) is 10.6. The number of amides is 1. The van der Waals surface area contributed by atoms with Crippen LogP contribution in [0.1, 0.15) is 27.3 Å². The van der Waals surface area contributed by atoms with E-state index in [9.17, 15) is 9.59 Å². The minimum atomic E-state index is -1.02. The van der Waals surface area contributed by atoms with Gasteiger partial charge in [-0.3, -0.25) is 9.36 Å². The lowest BCUT2D eigenvalue weighted by Gasteiger charge is -2.12. The van der Waals surface area contributed by atoms with E-state index < -0.39 is 5.97 Å². The largest absolute Gasteiger partial charge is 0.485 e. The van der Waals surface area contributed by atoms with Gasteiger partial charge in [0.2, 0.25) is 5.91 Å². The molecule has 0 unspecified atom stereocenters. The average molecular weight is 453 g/mol. The Kier molecular flexibility index (Phi) is 7.67. The highest BCUT2D eigenvalue weighted by molar-refractivity contribution is 7.99. The second-order valence-corrected chi connectivity index (χ2v) is 7.97. The number of thioether (sulfide) groups is 1. The molecule has 3 aromatic rings. The highest BCUT2D eigenvalue weighted by atomic mass is 32.2. The lowest BCUT2D eigenvalue weighted by Crippen LogP contribution is -2.15. The van der Waals surface area contributed by atoms with Gasteiger partial charge < -0.3 is 15.2 Å². The molecule has 0 atom stereocenters. The van der Waals surface area contributed by atoms with Gasteiger partial charge in [-0.2, -0.15) is 0 Å². The Balaban J connectivity index is 1.62. The number of carbonyl (C=O) groups is 2. The van der Waals surface area contributed by atoms with Crippen LogP contribution in [-0.2, 0) is 17.9 Å². The van der Waals surface area contributed by atoms with Crippen molar-refractivity contribution in [3.05, 3.63) is 77.6 Å². The molecule has 9 heteroatoms.